The summed E-state index contributed by atoms with van der Waals surface area (Å²) in [4.78, 5) is 0. The van der Waals surface area contributed by atoms with Crippen LogP contribution < -0.4 is 5.32 Å². The van der Waals surface area contributed by atoms with Gasteiger partial charge in [0.2, 0.25) is 0 Å². The van der Waals surface area contributed by atoms with Gasteiger partial charge in [0.15, 0.2) is 0 Å². The average molecular weight is 215 g/mol. The lowest BCUT2D eigenvalue weighted by atomic mass is 9.92. The summed E-state index contributed by atoms with van der Waals surface area (Å²) in [6, 6.07) is 1.43. The SMILES string of the molecule is OC1CCC(N[C@H]2CCCSC2)CC1. The molecule has 0 radical (unpaired) electrons. The Morgan fingerprint density at radius 2 is 1.79 bits per heavy atom. The Kier molecular flexibility index (Phi) is 4.14. The van der Waals surface area contributed by atoms with E-state index in [1.165, 1.54) is 37.2 Å². The van der Waals surface area contributed by atoms with Gasteiger partial charge in [0.05, 0.1) is 6.10 Å². The van der Waals surface area contributed by atoms with Crippen molar-refractivity contribution in [3.63, 3.8) is 0 Å². The van der Waals surface area contributed by atoms with E-state index in [4.69, 9.17) is 0 Å². The summed E-state index contributed by atoms with van der Waals surface area (Å²) < 4.78 is 0. The van der Waals surface area contributed by atoms with Crippen LogP contribution in [0.1, 0.15) is 38.5 Å². The molecule has 0 bridgehead atoms. The molecular weight excluding hydrogens is 194 g/mol. The van der Waals surface area contributed by atoms with E-state index in [0.717, 1.165) is 18.9 Å². The molecule has 2 aliphatic rings. The zero-order valence-electron chi connectivity index (χ0n) is 8.74. The van der Waals surface area contributed by atoms with Crippen molar-refractivity contribution in [2.45, 2.75) is 56.7 Å². The number of aliphatic hydroxyl groups is 1. The third-order valence-electron chi connectivity index (χ3n) is 3.33. The highest BCUT2D eigenvalue weighted by atomic mass is 32.2. The van der Waals surface area contributed by atoms with E-state index in [-0.39, 0.29) is 6.10 Å². The van der Waals surface area contributed by atoms with E-state index in [0.29, 0.717) is 6.04 Å². The van der Waals surface area contributed by atoms with Crippen LogP contribution in [0.2, 0.25) is 0 Å². The molecule has 0 spiro atoms. The fourth-order valence-corrected chi connectivity index (χ4v) is 3.53. The molecule has 2 rings (SSSR count). The smallest absolute Gasteiger partial charge is 0.0541 e. The van der Waals surface area contributed by atoms with Crippen LogP contribution in [0.25, 0.3) is 0 Å². The molecule has 1 saturated heterocycles. The van der Waals surface area contributed by atoms with E-state index in [1.54, 1.807) is 0 Å². The second-order valence-electron chi connectivity index (χ2n) is 4.59. The summed E-state index contributed by atoms with van der Waals surface area (Å²) in [6.07, 6.45) is 7.04. The molecule has 2 nitrogen and oxygen atoms in total. The lowest BCUT2D eigenvalue weighted by molar-refractivity contribution is 0.114. The number of hydrogen-bond acceptors (Lipinski definition) is 3. The predicted octanol–water partition coefficient (Wildman–Crippen LogP) is 1.78. The minimum atomic E-state index is -0.0196. The Hall–Kier alpha value is 0.270. The molecule has 2 N–H and O–H groups in total. The zero-order chi connectivity index (χ0) is 9.80. The van der Waals surface area contributed by atoms with Gasteiger partial charge in [-0.25, -0.2) is 0 Å². The second kappa shape index (κ2) is 5.38. The summed E-state index contributed by atoms with van der Waals surface area (Å²) in [7, 11) is 0. The number of thioether (sulfide) groups is 1. The summed E-state index contributed by atoms with van der Waals surface area (Å²) in [5.41, 5.74) is 0. The molecule has 3 heteroatoms. The highest BCUT2D eigenvalue weighted by molar-refractivity contribution is 7.99. The maximum Gasteiger partial charge on any atom is 0.0541 e. The van der Waals surface area contributed by atoms with Gasteiger partial charge in [-0.3, -0.25) is 0 Å². The second-order valence-corrected chi connectivity index (χ2v) is 5.74. The third kappa shape index (κ3) is 3.14. The lowest BCUT2D eigenvalue weighted by Crippen LogP contribution is -2.43. The first-order valence-electron chi connectivity index (χ1n) is 5.86. The standard InChI is InChI=1S/C11H21NOS/c13-11-5-3-9(4-6-11)12-10-2-1-7-14-8-10/h9-13H,1-8H2/t9?,10-,11?/m0/s1. The zero-order valence-corrected chi connectivity index (χ0v) is 9.56. The molecule has 1 heterocycles. The van der Waals surface area contributed by atoms with Gasteiger partial charge in [0.25, 0.3) is 0 Å². The van der Waals surface area contributed by atoms with E-state index >= 15 is 0 Å². The molecule has 1 atom stereocenters. The molecule has 1 aliphatic heterocycles. The molecule has 0 unspecified atom stereocenters. The van der Waals surface area contributed by atoms with Gasteiger partial charge in [-0.2, -0.15) is 11.8 Å². The maximum absolute atomic E-state index is 9.40. The van der Waals surface area contributed by atoms with Crippen molar-refractivity contribution in [1.82, 2.24) is 5.32 Å². The first kappa shape index (κ1) is 10.8. The first-order chi connectivity index (χ1) is 6.84. The summed E-state index contributed by atoms with van der Waals surface area (Å²) in [5, 5.41) is 13.1. The van der Waals surface area contributed by atoms with Crippen LogP contribution in [-0.2, 0) is 0 Å². The molecule has 2 fully saturated rings. The normalized spacial score (nSPS) is 39.6. The van der Waals surface area contributed by atoms with Crippen LogP contribution in [0.5, 0.6) is 0 Å². The van der Waals surface area contributed by atoms with Gasteiger partial charge in [-0.15, -0.1) is 0 Å². The van der Waals surface area contributed by atoms with E-state index in [9.17, 15) is 5.11 Å². The fraction of sp³-hybridized carbons (Fsp3) is 1.00. The van der Waals surface area contributed by atoms with Crippen molar-refractivity contribution in [3.05, 3.63) is 0 Å². The van der Waals surface area contributed by atoms with Gasteiger partial charge < -0.3 is 10.4 Å². The van der Waals surface area contributed by atoms with Gasteiger partial charge in [-0.1, -0.05) is 0 Å². The minimum absolute atomic E-state index is 0.0196. The Morgan fingerprint density at radius 1 is 1.00 bits per heavy atom. The number of aliphatic hydroxyl groups excluding tert-OH is 1. The van der Waals surface area contributed by atoms with Crippen molar-refractivity contribution in [2.24, 2.45) is 0 Å². The van der Waals surface area contributed by atoms with Crippen molar-refractivity contribution < 1.29 is 5.11 Å². The van der Waals surface area contributed by atoms with Gasteiger partial charge in [-0.05, 0) is 44.3 Å². The van der Waals surface area contributed by atoms with Gasteiger partial charge >= 0.3 is 0 Å². The fourth-order valence-electron chi connectivity index (χ4n) is 2.45. The molecule has 0 aromatic rings. The highest BCUT2D eigenvalue weighted by Gasteiger charge is 2.22. The maximum atomic E-state index is 9.40. The summed E-state index contributed by atoms with van der Waals surface area (Å²) >= 11 is 2.08. The Morgan fingerprint density at radius 3 is 2.43 bits per heavy atom. The summed E-state index contributed by atoms with van der Waals surface area (Å²) in [6.45, 7) is 0. The van der Waals surface area contributed by atoms with E-state index < -0.39 is 0 Å². The molecule has 0 aromatic carbocycles. The first-order valence-corrected chi connectivity index (χ1v) is 7.02. The van der Waals surface area contributed by atoms with Crippen LogP contribution in [0, 0.1) is 0 Å². The van der Waals surface area contributed by atoms with Crippen LogP contribution in [0.15, 0.2) is 0 Å². The topological polar surface area (TPSA) is 32.3 Å². The third-order valence-corrected chi connectivity index (χ3v) is 4.54. The number of rotatable bonds is 2. The molecule has 82 valence electrons. The van der Waals surface area contributed by atoms with Crippen LogP contribution in [0.3, 0.4) is 0 Å². The van der Waals surface area contributed by atoms with Crippen molar-refractivity contribution >= 4 is 11.8 Å². The van der Waals surface area contributed by atoms with E-state index in [1.807, 2.05) is 0 Å². The van der Waals surface area contributed by atoms with E-state index in [2.05, 4.69) is 17.1 Å². The van der Waals surface area contributed by atoms with Gasteiger partial charge in [0.1, 0.15) is 0 Å². The molecule has 14 heavy (non-hydrogen) atoms. The Labute approximate surface area is 90.8 Å². The predicted molar refractivity (Wildman–Crippen MR) is 61.7 cm³/mol. The van der Waals surface area contributed by atoms with Crippen LogP contribution >= 0.6 is 11.8 Å². The molecule has 0 amide bonds. The van der Waals surface area contributed by atoms with Crippen molar-refractivity contribution in [3.8, 4) is 0 Å². The lowest BCUT2D eigenvalue weighted by Gasteiger charge is -2.32. The minimum Gasteiger partial charge on any atom is -0.393 e. The largest absolute Gasteiger partial charge is 0.393 e. The quantitative estimate of drug-likeness (QED) is 0.736. The average Bonchev–Trinajstić information content (AvgIpc) is 2.23. The molecule has 1 saturated carbocycles. The Bertz CT molecular complexity index is 163. The Balaban J connectivity index is 1.68. The monoisotopic (exact) mass is 215 g/mol. The molecule has 1 aliphatic carbocycles. The van der Waals surface area contributed by atoms with Gasteiger partial charge in [0, 0.05) is 17.8 Å². The van der Waals surface area contributed by atoms with Crippen LogP contribution in [-0.4, -0.2) is 34.8 Å². The van der Waals surface area contributed by atoms with Crippen LogP contribution in [0.4, 0.5) is 0 Å². The molecule has 0 aromatic heterocycles. The number of hydrogen-bond donors (Lipinski definition) is 2. The summed E-state index contributed by atoms with van der Waals surface area (Å²) in [5.74, 6) is 2.64. The molecular formula is C11H21NOS. The van der Waals surface area contributed by atoms with Crippen molar-refractivity contribution in [2.75, 3.05) is 11.5 Å². The number of nitrogens with one attached hydrogen (secondary N) is 1. The highest BCUT2D eigenvalue weighted by Crippen LogP contribution is 2.22. The van der Waals surface area contributed by atoms with Crippen molar-refractivity contribution in [1.29, 1.82) is 0 Å².